The smallest absolute Gasteiger partial charge is 0.350 e. The van der Waals surface area contributed by atoms with Crippen LogP contribution in [0.5, 0.6) is 17.2 Å². The van der Waals surface area contributed by atoms with E-state index in [1.54, 1.807) is 25.1 Å². The molecule has 32 heavy (non-hydrogen) atoms. The molecule has 2 unspecified atom stereocenters. The predicted molar refractivity (Wildman–Crippen MR) is 117 cm³/mol. The first-order chi connectivity index (χ1) is 15.3. The van der Waals surface area contributed by atoms with E-state index in [1.807, 2.05) is 0 Å². The van der Waals surface area contributed by atoms with Gasteiger partial charge in [0.2, 0.25) is 5.60 Å². The van der Waals surface area contributed by atoms with Gasteiger partial charge in [-0.2, -0.15) is 0 Å². The molecule has 2 atom stereocenters. The van der Waals surface area contributed by atoms with E-state index in [2.05, 4.69) is 0 Å². The largest absolute Gasteiger partial charge is 0.504 e. The van der Waals surface area contributed by atoms with Crippen molar-refractivity contribution < 1.29 is 33.6 Å². The van der Waals surface area contributed by atoms with Crippen molar-refractivity contribution in [1.82, 2.24) is 0 Å². The van der Waals surface area contributed by atoms with E-state index in [1.165, 1.54) is 25.3 Å². The van der Waals surface area contributed by atoms with Crippen LogP contribution in [0.3, 0.4) is 0 Å². The minimum absolute atomic E-state index is 0.00431. The molecule has 3 aromatic rings. The Bertz CT molecular complexity index is 1250. The molecule has 1 fully saturated rings. The fraction of sp³-hybridized carbons (Fsp3) is 0.304. The first-order valence-electron chi connectivity index (χ1n) is 9.98. The number of benzene rings is 2. The van der Waals surface area contributed by atoms with Gasteiger partial charge in [-0.3, -0.25) is 4.79 Å². The number of ether oxygens (including phenoxy) is 3. The number of hydrogen-bond acceptors (Lipinski definition) is 7. The lowest BCUT2D eigenvalue weighted by molar-refractivity contribution is -0.193. The zero-order chi connectivity index (χ0) is 23.0. The number of carboxylic acid groups (broad SMARTS) is 1. The van der Waals surface area contributed by atoms with Crippen LogP contribution in [0, 0.1) is 0 Å². The maximum absolute atomic E-state index is 12.7. The number of aromatic hydroxyl groups is 1. The van der Waals surface area contributed by atoms with Gasteiger partial charge in [-0.05, 0) is 31.5 Å². The average molecular weight is 461 g/mol. The number of fused-ring (bicyclic) bond motifs is 1. The number of rotatable bonds is 7. The SMILES string of the molecule is CCOC1CCC1(Oc1cc(O)c(OC)cc1-c1cc(=O)c2cccc(Cl)c2o1)C(=O)O. The Kier molecular flexibility index (Phi) is 5.75. The van der Waals surface area contributed by atoms with Crippen LogP contribution < -0.4 is 14.9 Å². The molecule has 0 spiro atoms. The molecule has 1 aliphatic rings. The van der Waals surface area contributed by atoms with E-state index in [0.29, 0.717) is 18.4 Å². The lowest BCUT2D eigenvalue weighted by atomic mass is 9.76. The topological polar surface area (TPSA) is 115 Å². The summed E-state index contributed by atoms with van der Waals surface area (Å²) in [6, 6.07) is 8.72. The lowest BCUT2D eigenvalue weighted by Gasteiger charge is -2.45. The Balaban J connectivity index is 1.90. The van der Waals surface area contributed by atoms with Gasteiger partial charge in [0.25, 0.3) is 0 Å². The van der Waals surface area contributed by atoms with Crippen molar-refractivity contribution in [3.8, 4) is 28.6 Å². The van der Waals surface area contributed by atoms with Gasteiger partial charge in [-0.25, -0.2) is 4.79 Å². The third kappa shape index (κ3) is 3.55. The summed E-state index contributed by atoms with van der Waals surface area (Å²) in [7, 11) is 1.36. The van der Waals surface area contributed by atoms with Gasteiger partial charge in [-0.15, -0.1) is 0 Å². The van der Waals surface area contributed by atoms with E-state index in [0.717, 1.165) is 0 Å². The molecule has 1 heterocycles. The molecule has 2 aromatic carbocycles. The molecule has 1 aliphatic carbocycles. The summed E-state index contributed by atoms with van der Waals surface area (Å²) < 4.78 is 22.6. The highest BCUT2D eigenvalue weighted by Crippen LogP contribution is 2.46. The number of phenols is 1. The van der Waals surface area contributed by atoms with Gasteiger partial charge in [0.1, 0.15) is 17.6 Å². The van der Waals surface area contributed by atoms with Gasteiger partial charge >= 0.3 is 5.97 Å². The van der Waals surface area contributed by atoms with Crippen LogP contribution in [0.4, 0.5) is 0 Å². The van der Waals surface area contributed by atoms with Crippen molar-refractivity contribution in [2.75, 3.05) is 13.7 Å². The van der Waals surface area contributed by atoms with Gasteiger partial charge < -0.3 is 28.8 Å². The number of carboxylic acids is 1. The molecule has 8 nitrogen and oxygen atoms in total. The molecule has 0 bridgehead atoms. The molecule has 2 N–H and O–H groups in total. The average Bonchev–Trinajstić information content (AvgIpc) is 2.75. The van der Waals surface area contributed by atoms with E-state index in [-0.39, 0.29) is 51.0 Å². The summed E-state index contributed by atoms with van der Waals surface area (Å²) in [5, 5.41) is 20.8. The lowest BCUT2D eigenvalue weighted by Crippen LogP contribution is -2.62. The fourth-order valence-corrected chi connectivity index (χ4v) is 4.02. The van der Waals surface area contributed by atoms with Crippen LogP contribution >= 0.6 is 11.6 Å². The monoisotopic (exact) mass is 460 g/mol. The number of carbonyl (C=O) groups is 1. The van der Waals surface area contributed by atoms with Crippen molar-refractivity contribution >= 4 is 28.5 Å². The second-order valence-corrected chi connectivity index (χ2v) is 7.80. The molecule has 1 aromatic heterocycles. The number of para-hydroxylation sites is 1. The summed E-state index contributed by atoms with van der Waals surface area (Å²) in [5.41, 5.74) is -1.58. The first kappa shape index (κ1) is 22.0. The second kappa shape index (κ2) is 8.37. The highest BCUT2D eigenvalue weighted by Gasteiger charge is 2.57. The molecule has 168 valence electrons. The predicted octanol–water partition coefficient (Wildman–Crippen LogP) is 4.23. The summed E-state index contributed by atoms with van der Waals surface area (Å²) in [4.78, 5) is 24.8. The van der Waals surface area contributed by atoms with Crippen molar-refractivity contribution in [3.05, 3.63) is 51.6 Å². The Hall–Kier alpha value is -3.23. The van der Waals surface area contributed by atoms with Crippen molar-refractivity contribution in [1.29, 1.82) is 0 Å². The van der Waals surface area contributed by atoms with Crippen molar-refractivity contribution in [2.45, 2.75) is 31.5 Å². The molecule has 1 saturated carbocycles. The van der Waals surface area contributed by atoms with Crippen LogP contribution in [0.2, 0.25) is 5.02 Å². The first-order valence-corrected chi connectivity index (χ1v) is 10.4. The maximum atomic E-state index is 12.7. The molecule has 0 amide bonds. The summed E-state index contributed by atoms with van der Waals surface area (Å²) in [6.45, 7) is 2.09. The maximum Gasteiger partial charge on any atom is 0.350 e. The van der Waals surface area contributed by atoms with Crippen LogP contribution in [-0.4, -0.2) is 41.6 Å². The van der Waals surface area contributed by atoms with E-state index >= 15 is 0 Å². The second-order valence-electron chi connectivity index (χ2n) is 7.39. The number of hydrogen-bond donors (Lipinski definition) is 2. The number of phenolic OH excluding ortho intramolecular Hbond substituents is 1. The van der Waals surface area contributed by atoms with E-state index in [4.69, 9.17) is 30.2 Å². The Morgan fingerprint density at radius 2 is 2.06 bits per heavy atom. The summed E-state index contributed by atoms with van der Waals surface area (Å²) in [5.74, 6) is -1.28. The molecular weight excluding hydrogens is 440 g/mol. The third-order valence-electron chi connectivity index (χ3n) is 5.57. The zero-order valence-electron chi connectivity index (χ0n) is 17.4. The van der Waals surface area contributed by atoms with Crippen LogP contribution in [0.1, 0.15) is 19.8 Å². The molecule has 0 saturated heterocycles. The Labute approximate surface area is 187 Å². The Morgan fingerprint density at radius 1 is 1.28 bits per heavy atom. The molecule has 4 rings (SSSR count). The number of halogens is 1. The molecular formula is C23H21ClO8. The summed E-state index contributed by atoms with van der Waals surface area (Å²) >= 11 is 6.22. The minimum atomic E-state index is -1.64. The quantitative estimate of drug-likeness (QED) is 0.538. The summed E-state index contributed by atoms with van der Waals surface area (Å²) in [6.07, 6.45) is 0.0607. The van der Waals surface area contributed by atoms with Gasteiger partial charge in [-0.1, -0.05) is 17.7 Å². The fourth-order valence-electron chi connectivity index (χ4n) is 3.81. The molecule has 0 radical (unpaired) electrons. The Morgan fingerprint density at radius 3 is 2.69 bits per heavy atom. The minimum Gasteiger partial charge on any atom is -0.504 e. The zero-order valence-corrected chi connectivity index (χ0v) is 18.1. The van der Waals surface area contributed by atoms with Gasteiger partial charge in [0, 0.05) is 25.2 Å². The number of aliphatic carboxylic acids is 1. The normalized spacial score (nSPS) is 20.0. The highest BCUT2D eigenvalue weighted by molar-refractivity contribution is 6.34. The molecule has 9 heteroatoms. The van der Waals surface area contributed by atoms with E-state index < -0.39 is 17.7 Å². The number of methoxy groups -OCH3 is 1. The van der Waals surface area contributed by atoms with E-state index in [9.17, 15) is 19.8 Å². The third-order valence-corrected chi connectivity index (χ3v) is 5.87. The van der Waals surface area contributed by atoms with Crippen LogP contribution in [0.25, 0.3) is 22.3 Å². The highest BCUT2D eigenvalue weighted by atomic mass is 35.5. The standard InChI is InChI=1S/C23H21ClO8/c1-3-30-20-7-8-23(20,22(27)28)32-18-11-16(26)19(29-2)9-13(18)17-10-15(25)12-5-4-6-14(24)21(12)31-17/h4-6,9-11,20,26H,3,7-8H2,1-2H3,(H,27,28). The van der Waals surface area contributed by atoms with Gasteiger partial charge in [0.15, 0.2) is 22.5 Å². The molecule has 0 aliphatic heterocycles. The van der Waals surface area contributed by atoms with Crippen molar-refractivity contribution in [3.63, 3.8) is 0 Å². The van der Waals surface area contributed by atoms with Crippen LogP contribution in [0.15, 0.2) is 45.6 Å². The van der Waals surface area contributed by atoms with Crippen molar-refractivity contribution in [2.24, 2.45) is 0 Å². The van der Waals surface area contributed by atoms with Gasteiger partial charge in [0.05, 0.1) is 23.1 Å². The van der Waals surface area contributed by atoms with Crippen LogP contribution in [-0.2, 0) is 9.53 Å².